The van der Waals surface area contributed by atoms with Crippen LogP contribution >= 0.6 is 69.6 Å². The Labute approximate surface area is 146 Å². The molecule has 0 spiro atoms. The SMILES string of the molecule is CCC(=O)NC(Nc1c(Cl)cc(Cl)cc1Cl)C(Cl)(Cl)Cl. The van der Waals surface area contributed by atoms with Crippen molar-refractivity contribution < 1.29 is 4.79 Å². The van der Waals surface area contributed by atoms with E-state index in [-0.39, 0.29) is 22.4 Å². The number of hydrogen-bond acceptors (Lipinski definition) is 2. The molecule has 1 amide bonds. The summed E-state index contributed by atoms with van der Waals surface area (Å²) in [6, 6.07) is 2.96. The molecule has 1 unspecified atom stereocenters. The second-order valence-electron chi connectivity index (χ2n) is 3.78. The Hall–Kier alpha value is 0.230. The van der Waals surface area contributed by atoms with Crippen LogP contribution in [0, 0.1) is 0 Å². The van der Waals surface area contributed by atoms with Crippen molar-refractivity contribution in [1.82, 2.24) is 5.32 Å². The van der Waals surface area contributed by atoms with Crippen LogP contribution in [0.15, 0.2) is 12.1 Å². The third kappa shape index (κ3) is 5.21. The number of hydrogen-bond donors (Lipinski definition) is 2. The quantitative estimate of drug-likeness (QED) is 0.535. The minimum absolute atomic E-state index is 0.237. The summed E-state index contributed by atoms with van der Waals surface area (Å²) in [6.07, 6.45) is -0.766. The normalized spacial score (nSPS) is 12.9. The summed E-state index contributed by atoms with van der Waals surface area (Å²) in [5.74, 6) is -0.296. The number of halogens is 6. The van der Waals surface area contributed by atoms with Gasteiger partial charge in [0.15, 0.2) is 0 Å². The minimum Gasteiger partial charge on any atom is -0.359 e. The van der Waals surface area contributed by atoms with Crippen LogP contribution in [0.5, 0.6) is 0 Å². The number of alkyl halides is 3. The lowest BCUT2D eigenvalue weighted by Gasteiger charge is -2.28. The Bertz CT molecular complexity index is 479. The highest BCUT2D eigenvalue weighted by Gasteiger charge is 2.34. The van der Waals surface area contributed by atoms with Gasteiger partial charge in [0.1, 0.15) is 6.17 Å². The number of anilines is 1. The number of carbonyl (C=O) groups is 1. The van der Waals surface area contributed by atoms with Crippen molar-refractivity contribution in [3.8, 4) is 0 Å². The van der Waals surface area contributed by atoms with Crippen molar-refractivity contribution in [3.63, 3.8) is 0 Å². The number of amides is 1. The molecule has 1 rings (SSSR count). The molecule has 1 aromatic rings. The summed E-state index contributed by atoms with van der Waals surface area (Å²) < 4.78 is -1.79. The van der Waals surface area contributed by atoms with Gasteiger partial charge < -0.3 is 10.6 Å². The van der Waals surface area contributed by atoms with E-state index in [2.05, 4.69) is 10.6 Å². The second-order valence-corrected chi connectivity index (χ2v) is 7.40. The number of benzene rings is 1. The summed E-state index contributed by atoms with van der Waals surface area (Å²) in [7, 11) is 0. The highest BCUT2D eigenvalue weighted by Crippen LogP contribution is 2.37. The molecule has 1 atom stereocenters. The van der Waals surface area contributed by atoms with Crippen LogP contribution in [0.3, 0.4) is 0 Å². The van der Waals surface area contributed by atoms with Crippen molar-refractivity contribution in [1.29, 1.82) is 0 Å². The molecular formula is C11H10Cl6N2O. The molecule has 0 saturated heterocycles. The van der Waals surface area contributed by atoms with Crippen LogP contribution in [-0.4, -0.2) is 15.9 Å². The average molecular weight is 399 g/mol. The predicted molar refractivity (Wildman–Crippen MR) is 87.6 cm³/mol. The van der Waals surface area contributed by atoms with Crippen molar-refractivity contribution in [2.45, 2.75) is 23.3 Å². The molecule has 20 heavy (non-hydrogen) atoms. The molecule has 0 aliphatic rings. The lowest BCUT2D eigenvalue weighted by atomic mass is 10.3. The monoisotopic (exact) mass is 396 g/mol. The zero-order valence-corrected chi connectivity index (χ0v) is 14.7. The van der Waals surface area contributed by atoms with Crippen molar-refractivity contribution in [2.24, 2.45) is 0 Å². The lowest BCUT2D eigenvalue weighted by molar-refractivity contribution is -0.121. The Morgan fingerprint density at radius 3 is 2.10 bits per heavy atom. The summed E-state index contributed by atoms with van der Waals surface area (Å²) in [4.78, 5) is 11.5. The molecule has 0 aliphatic heterocycles. The van der Waals surface area contributed by atoms with Gasteiger partial charge in [-0.2, -0.15) is 0 Å². The third-order valence-electron chi connectivity index (χ3n) is 2.25. The first-order valence-electron chi connectivity index (χ1n) is 5.42. The van der Waals surface area contributed by atoms with Gasteiger partial charge in [0.25, 0.3) is 0 Å². The van der Waals surface area contributed by atoms with Crippen LogP contribution in [-0.2, 0) is 4.79 Å². The smallest absolute Gasteiger partial charge is 0.228 e. The molecule has 0 radical (unpaired) electrons. The van der Waals surface area contributed by atoms with E-state index in [1.165, 1.54) is 12.1 Å². The van der Waals surface area contributed by atoms with Gasteiger partial charge in [0.05, 0.1) is 15.7 Å². The molecule has 9 heteroatoms. The summed E-state index contributed by atoms with van der Waals surface area (Å²) in [6.45, 7) is 1.67. The maximum Gasteiger partial charge on any atom is 0.228 e. The van der Waals surface area contributed by atoms with Gasteiger partial charge >= 0.3 is 0 Å². The minimum atomic E-state index is -1.79. The van der Waals surface area contributed by atoms with E-state index in [1.54, 1.807) is 6.92 Å². The highest BCUT2D eigenvalue weighted by molar-refractivity contribution is 6.68. The first kappa shape index (κ1) is 18.3. The maximum absolute atomic E-state index is 11.5. The van der Waals surface area contributed by atoms with E-state index in [1.807, 2.05) is 0 Å². The Morgan fingerprint density at radius 2 is 1.70 bits per heavy atom. The molecule has 0 fully saturated rings. The number of rotatable bonds is 4. The van der Waals surface area contributed by atoms with Gasteiger partial charge in [-0.15, -0.1) is 0 Å². The lowest BCUT2D eigenvalue weighted by Crippen LogP contribution is -2.49. The molecule has 2 N–H and O–H groups in total. The fourth-order valence-electron chi connectivity index (χ4n) is 1.29. The number of carbonyl (C=O) groups excluding carboxylic acids is 1. The van der Waals surface area contributed by atoms with Crippen LogP contribution in [0.4, 0.5) is 5.69 Å². The largest absolute Gasteiger partial charge is 0.359 e. The Balaban J connectivity index is 3.04. The van der Waals surface area contributed by atoms with Gasteiger partial charge in [0, 0.05) is 11.4 Å². The predicted octanol–water partition coefficient (Wildman–Crippen LogP) is 5.28. The third-order valence-corrected chi connectivity index (χ3v) is 3.72. The molecule has 3 nitrogen and oxygen atoms in total. The topological polar surface area (TPSA) is 41.1 Å². The van der Waals surface area contributed by atoms with E-state index in [4.69, 9.17) is 69.6 Å². The first-order valence-corrected chi connectivity index (χ1v) is 7.69. The van der Waals surface area contributed by atoms with Crippen molar-refractivity contribution in [3.05, 3.63) is 27.2 Å². The van der Waals surface area contributed by atoms with E-state index in [0.717, 1.165) is 0 Å². The zero-order chi connectivity index (χ0) is 15.5. The molecule has 0 saturated carbocycles. The second kappa shape index (κ2) is 7.48. The molecule has 0 bridgehead atoms. The van der Waals surface area contributed by atoms with Crippen LogP contribution in [0.1, 0.15) is 13.3 Å². The van der Waals surface area contributed by atoms with E-state index < -0.39 is 9.96 Å². The molecule has 112 valence electrons. The summed E-state index contributed by atoms with van der Waals surface area (Å²) in [5, 5.41) is 6.18. The number of nitrogens with one attached hydrogen (secondary N) is 2. The van der Waals surface area contributed by atoms with Crippen molar-refractivity contribution in [2.75, 3.05) is 5.32 Å². The average Bonchev–Trinajstić information content (AvgIpc) is 2.30. The molecule has 1 aromatic carbocycles. The summed E-state index contributed by atoms with van der Waals surface area (Å²) in [5.41, 5.74) is 0.311. The van der Waals surface area contributed by atoms with E-state index in [0.29, 0.717) is 10.7 Å². The maximum atomic E-state index is 11.5. The van der Waals surface area contributed by atoms with Crippen LogP contribution < -0.4 is 10.6 Å². The van der Waals surface area contributed by atoms with Gasteiger partial charge in [-0.1, -0.05) is 76.5 Å². The van der Waals surface area contributed by atoms with E-state index >= 15 is 0 Å². The summed E-state index contributed by atoms with van der Waals surface area (Å²) >= 11 is 35.3. The van der Waals surface area contributed by atoms with Gasteiger partial charge in [-0.05, 0) is 12.1 Å². The van der Waals surface area contributed by atoms with Crippen LogP contribution in [0.25, 0.3) is 0 Å². The molecule has 0 aromatic heterocycles. The highest BCUT2D eigenvalue weighted by atomic mass is 35.6. The van der Waals surface area contributed by atoms with E-state index in [9.17, 15) is 4.79 Å². The van der Waals surface area contributed by atoms with Crippen molar-refractivity contribution >= 4 is 81.2 Å². The molecule has 0 heterocycles. The first-order chi connectivity index (χ1) is 9.15. The molecule has 0 aliphatic carbocycles. The van der Waals surface area contributed by atoms with Crippen LogP contribution in [0.2, 0.25) is 15.1 Å². The standard InChI is InChI=1S/C11H10Cl6N2O/c1-2-8(20)18-10(11(15,16)17)19-9-6(13)3-5(12)4-7(9)14/h3-4,10,19H,2H2,1H3,(H,18,20). The van der Waals surface area contributed by atoms with Gasteiger partial charge in [0.2, 0.25) is 9.70 Å². The fourth-order valence-corrected chi connectivity index (χ4v) is 2.54. The van der Waals surface area contributed by atoms with Gasteiger partial charge in [-0.25, -0.2) is 0 Å². The Kier molecular flexibility index (Phi) is 6.84. The van der Waals surface area contributed by atoms with Gasteiger partial charge in [-0.3, -0.25) is 4.79 Å². The molecular weight excluding hydrogens is 389 g/mol. The fraction of sp³-hybridized carbons (Fsp3) is 0.364. The zero-order valence-electron chi connectivity index (χ0n) is 10.1. The Morgan fingerprint density at radius 1 is 1.20 bits per heavy atom.